The van der Waals surface area contributed by atoms with Gasteiger partial charge in [-0.2, -0.15) is 21.6 Å². The summed E-state index contributed by atoms with van der Waals surface area (Å²) < 4.78 is 68.6. The van der Waals surface area contributed by atoms with E-state index in [1.165, 1.54) is 0 Å². The molecule has 0 aliphatic rings. The number of aryl methyl sites for hydroxylation is 1. The highest BCUT2D eigenvalue weighted by Gasteiger charge is 2.49. The van der Waals surface area contributed by atoms with Crippen molar-refractivity contribution >= 4 is 16.1 Å². The van der Waals surface area contributed by atoms with Gasteiger partial charge >= 0.3 is 21.6 Å². The molecule has 1 unspecified atom stereocenters. The number of carbonyl (C=O) groups is 1. The lowest BCUT2D eigenvalue weighted by Crippen LogP contribution is -2.35. The lowest BCUT2D eigenvalue weighted by Gasteiger charge is -2.17. The van der Waals surface area contributed by atoms with Crippen LogP contribution in [-0.2, 0) is 30.3 Å². The molecule has 1 aromatic carbocycles. The first kappa shape index (κ1) is 20.4. The van der Waals surface area contributed by atoms with Crippen molar-refractivity contribution < 1.29 is 35.3 Å². The van der Waals surface area contributed by atoms with Crippen LogP contribution in [0.4, 0.5) is 13.2 Å². The van der Waals surface area contributed by atoms with Crippen molar-refractivity contribution in [1.82, 2.24) is 0 Å². The van der Waals surface area contributed by atoms with Crippen LogP contribution in [0.2, 0.25) is 0 Å². The van der Waals surface area contributed by atoms with Crippen molar-refractivity contribution in [3.8, 4) is 0 Å². The minimum Gasteiger partial charge on any atom is -0.464 e. The molecule has 0 saturated heterocycles. The summed E-state index contributed by atoms with van der Waals surface area (Å²) in [6.07, 6.45) is -0.688. The van der Waals surface area contributed by atoms with Gasteiger partial charge in [0.1, 0.15) is 0 Å². The smallest absolute Gasteiger partial charge is 0.464 e. The number of rotatable bonds is 9. The molecular formula is C15H19F3O5S. The zero-order valence-electron chi connectivity index (χ0n) is 13.1. The summed E-state index contributed by atoms with van der Waals surface area (Å²) in [5.41, 5.74) is -4.86. The Morgan fingerprint density at radius 1 is 1.21 bits per heavy atom. The van der Waals surface area contributed by atoms with E-state index in [0.29, 0.717) is 12.8 Å². The molecule has 0 amide bonds. The van der Waals surface area contributed by atoms with E-state index in [4.69, 9.17) is 4.74 Å². The first-order valence-electron chi connectivity index (χ1n) is 7.37. The predicted molar refractivity (Wildman–Crippen MR) is 80.5 cm³/mol. The second kappa shape index (κ2) is 9.03. The quantitative estimate of drug-likeness (QED) is 0.290. The summed E-state index contributed by atoms with van der Waals surface area (Å²) in [4.78, 5) is 11.9. The number of unbranched alkanes of at least 4 members (excludes halogenated alkanes) is 1. The van der Waals surface area contributed by atoms with Gasteiger partial charge in [-0.15, -0.1) is 0 Å². The van der Waals surface area contributed by atoms with Gasteiger partial charge in [-0.05, 0) is 24.8 Å². The lowest BCUT2D eigenvalue weighted by atomic mass is 10.1. The van der Waals surface area contributed by atoms with Gasteiger partial charge in [0.2, 0.25) is 0 Å². The van der Waals surface area contributed by atoms with Gasteiger partial charge in [0.05, 0.1) is 6.61 Å². The normalized spacial score (nSPS) is 13.5. The standard InChI is InChI=1S/C15H19F3O5S/c1-2-3-11-22-14(19)13(23-24(20,21)15(16,17)18)10-9-12-7-5-4-6-8-12/h4-8,13H,2-3,9-11H2,1H3. The summed E-state index contributed by atoms with van der Waals surface area (Å²) in [6, 6.07) is 8.61. The molecule has 0 radical (unpaired) electrons. The number of hydrogen-bond donors (Lipinski definition) is 0. The molecule has 0 spiro atoms. The van der Waals surface area contributed by atoms with Gasteiger partial charge in [0.15, 0.2) is 6.10 Å². The number of carbonyl (C=O) groups excluding carboxylic acids is 1. The topological polar surface area (TPSA) is 69.7 Å². The Kier molecular flexibility index (Phi) is 7.68. The molecule has 1 aromatic rings. The summed E-state index contributed by atoms with van der Waals surface area (Å²) in [6.45, 7) is 1.83. The Hall–Kier alpha value is -1.61. The van der Waals surface area contributed by atoms with E-state index in [9.17, 15) is 26.4 Å². The van der Waals surface area contributed by atoms with E-state index in [1.807, 2.05) is 6.92 Å². The molecule has 0 bridgehead atoms. The first-order chi connectivity index (χ1) is 11.2. The Morgan fingerprint density at radius 2 is 1.83 bits per heavy atom. The van der Waals surface area contributed by atoms with Gasteiger partial charge in [-0.3, -0.25) is 0 Å². The highest BCUT2D eigenvalue weighted by molar-refractivity contribution is 7.87. The van der Waals surface area contributed by atoms with Crippen LogP contribution in [0, 0.1) is 0 Å². The van der Waals surface area contributed by atoms with Crippen LogP contribution in [0.25, 0.3) is 0 Å². The van der Waals surface area contributed by atoms with Crippen molar-refractivity contribution in [3.05, 3.63) is 35.9 Å². The van der Waals surface area contributed by atoms with Gasteiger partial charge in [0, 0.05) is 0 Å². The SMILES string of the molecule is CCCCOC(=O)C(CCc1ccccc1)OS(=O)(=O)C(F)(F)F. The minimum atomic E-state index is -5.88. The Balaban J connectivity index is 2.80. The molecule has 0 saturated carbocycles. The zero-order chi connectivity index (χ0) is 18.2. The zero-order valence-corrected chi connectivity index (χ0v) is 13.9. The van der Waals surface area contributed by atoms with Gasteiger partial charge in [-0.25, -0.2) is 8.98 Å². The monoisotopic (exact) mass is 368 g/mol. The van der Waals surface area contributed by atoms with Gasteiger partial charge in [0.25, 0.3) is 0 Å². The Bertz CT molecular complexity index is 614. The fourth-order valence-electron chi connectivity index (χ4n) is 1.77. The average molecular weight is 368 g/mol. The van der Waals surface area contributed by atoms with E-state index in [2.05, 4.69) is 4.18 Å². The van der Waals surface area contributed by atoms with Crippen LogP contribution in [0.1, 0.15) is 31.7 Å². The van der Waals surface area contributed by atoms with E-state index >= 15 is 0 Å². The maximum atomic E-state index is 12.5. The van der Waals surface area contributed by atoms with Crippen LogP contribution >= 0.6 is 0 Å². The maximum absolute atomic E-state index is 12.5. The molecule has 0 aliphatic heterocycles. The van der Waals surface area contributed by atoms with Crippen molar-refractivity contribution in [1.29, 1.82) is 0 Å². The molecule has 1 rings (SSSR count). The van der Waals surface area contributed by atoms with Crippen molar-refractivity contribution in [2.24, 2.45) is 0 Å². The number of halogens is 3. The highest BCUT2D eigenvalue weighted by atomic mass is 32.2. The molecule has 1 atom stereocenters. The molecule has 24 heavy (non-hydrogen) atoms. The number of ether oxygens (including phenoxy) is 1. The van der Waals surface area contributed by atoms with Crippen molar-refractivity contribution in [2.45, 2.75) is 44.2 Å². The van der Waals surface area contributed by atoms with Crippen molar-refractivity contribution in [3.63, 3.8) is 0 Å². The molecule has 0 heterocycles. The molecule has 9 heteroatoms. The highest BCUT2D eigenvalue weighted by Crippen LogP contribution is 2.27. The van der Waals surface area contributed by atoms with Crippen LogP contribution < -0.4 is 0 Å². The summed E-state index contributed by atoms with van der Waals surface area (Å²) in [5.74, 6) is -1.12. The molecule has 0 aliphatic carbocycles. The van der Waals surface area contributed by atoms with E-state index in [-0.39, 0.29) is 19.4 Å². The molecule has 0 N–H and O–H groups in total. The van der Waals surface area contributed by atoms with Crippen LogP contribution in [0.3, 0.4) is 0 Å². The van der Waals surface area contributed by atoms with Gasteiger partial charge in [-0.1, -0.05) is 43.7 Å². The summed E-state index contributed by atoms with van der Waals surface area (Å²) in [7, 11) is -5.88. The third kappa shape index (κ3) is 6.48. The first-order valence-corrected chi connectivity index (χ1v) is 8.78. The number of alkyl halides is 3. The minimum absolute atomic E-state index is 0.00735. The fraction of sp³-hybridized carbons (Fsp3) is 0.533. The summed E-state index contributed by atoms with van der Waals surface area (Å²) in [5, 5.41) is 0. The predicted octanol–water partition coefficient (Wildman–Crippen LogP) is 3.20. The van der Waals surface area contributed by atoms with Gasteiger partial charge < -0.3 is 4.74 Å². The maximum Gasteiger partial charge on any atom is 0.523 e. The number of benzene rings is 1. The third-order valence-corrected chi connectivity index (χ3v) is 4.12. The Morgan fingerprint density at radius 3 is 2.38 bits per heavy atom. The number of esters is 1. The van der Waals surface area contributed by atoms with E-state index in [1.54, 1.807) is 30.3 Å². The van der Waals surface area contributed by atoms with Crippen LogP contribution in [-0.4, -0.2) is 32.6 Å². The molecular weight excluding hydrogens is 349 g/mol. The molecule has 5 nitrogen and oxygen atoms in total. The Labute approximate surface area is 138 Å². The summed E-state index contributed by atoms with van der Waals surface area (Å²) >= 11 is 0. The van der Waals surface area contributed by atoms with Crippen LogP contribution in [0.15, 0.2) is 30.3 Å². The number of hydrogen-bond acceptors (Lipinski definition) is 5. The third-order valence-electron chi connectivity index (χ3n) is 3.07. The molecule has 136 valence electrons. The largest absolute Gasteiger partial charge is 0.523 e. The second-order valence-electron chi connectivity index (χ2n) is 5.03. The van der Waals surface area contributed by atoms with Crippen molar-refractivity contribution in [2.75, 3.05) is 6.61 Å². The van der Waals surface area contributed by atoms with E-state index < -0.39 is 27.7 Å². The van der Waals surface area contributed by atoms with E-state index in [0.717, 1.165) is 5.56 Å². The fourth-order valence-corrected chi connectivity index (χ4v) is 2.35. The van der Waals surface area contributed by atoms with Crippen LogP contribution in [0.5, 0.6) is 0 Å². The average Bonchev–Trinajstić information content (AvgIpc) is 2.51. The lowest BCUT2D eigenvalue weighted by molar-refractivity contribution is -0.153. The molecule has 0 aromatic heterocycles. The second-order valence-corrected chi connectivity index (χ2v) is 6.59. The molecule has 0 fully saturated rings.